The summed E-state index contributed by atoms with van der Waals surface area (Å²) in [5.74, 6) is -1.17. The largest absolute Gasteiger partial charge is 0.338 e. The first-order valence-electron chi connectivity index (χ1n) is 6.53. The van der Waals surface area contributed by atoms with Gasteiger partial charge in [-0.1, -0.05) is 0 Å². The zero-order valence-corrected chi connectivity index (χ0v) is 12.8. The molecule has 0 saturated heterocycles. The standard InChI is InChI=1S/C14H18FN3O2.ClH/c1-8(7-16)18(2)14(20)10-5-9-3-4-13(19)17-12(9)6-11(10)15;/h5-6,8H,3-4,7,16H2,1-2H3,(H,17,19);1H. The Kier molecular flexibility index (Phi) is 5.69. The minimum atomic E-state index is -0.632. The summed E-state index contributed by atoms with van der Waals surface area (Å²) in [6, 6.07) is 2.56. The number of rotatable bonds is 3. The number of halogens is 2. The third kappa shape index (κ3) is 3.51. The molecular weight excluding hydrogens is 297 g/mol. The number of hydrogen-bond donors (Lipinski definition) is 2. The van der Waals surface area contributed by atoms with Crippen LogP contribution in [0.4, 0.5) is 10.1 Å². The zero-order chi connectivity index (χ0) is 14.9. The minimum absolute atomic E-state index is 0. The Morgan fingerprint density at radius 3 is 2.76 bits per heavy atom. The number of likely N-dealkylation sites (N-methyl/N-ethyl adjacent to an activating group) is 1. The van der Waals surface area contributed by atoms with E-state index in [0.717, 1.165) is 5.56 Å². The third-order valence-electron chi connectivity index (χ3n) is 3.64. The van der Waals surface area contributed by atoms with E-state index in [9.17, 15) is 14.0 Å². The van der Waals surface area contributed by atoms with Crippen LogP contribution in [0, 0.1) is 5.82 Å². The van der Waals surface area contributed by atoms with Crippen molar-refractivity contribution in [3.8, 4) is 0 Å². The van der Waals surface area contributed by atoms with E-state index in [-0.39, 0.29) is 29.9 Å². The average molecular weight is 316 g/mol. The summed E-state index contributed by atoms with van der Waals surface area (Å²) in [5, 5.41) is 2.61. The molecule has 0 bridgehead atoms. The highest BCUT2D eigenvalue weighted by Gasteiger charge is 2.23. The van der Waals surface area contributed by atoms with E-state index in [1.807, 2.05) is 0 Å². The molecule has 0 saturated carbocycles. The molecule has 7 heteroatoms. The molecule has 1 aromatic rings. The van der Waals surface area contributed by atoms with E-state index >= 15 is 0 Å². The molecule has 0 radical (unpaired) electrons. The van der Waals surface area contributed by atoms with Crippen molar-refractivity contribution in [3.05, 3.63) is 29.1 Å². The Bertz CT molecular complexity index is 565. The topological polar surface area (TPSA) is 75.4 Å². The van der Waals surface area contributed by atoms with E-state index in [2.05, 4.69) is 5.32 Å². The quantitative estimate of drug-likeness (QED) is 0.888. The number of nitrogens with two attached hydrogens (primary N) is 1. The molecule has 116 valence electrons. The second-order valence-electron chi connectivity index (χ2n) is 5.04. The fourth-order valence-corrected chi connectivity index (χ4v) is 2.11. The number of nitrogens with zero attached hydrogens (tertiary/aromatic N) is 1. The van der Waals surface area contributed by atoms with E-state index in [0.29, 0.717) is 25.1 Å². The summed E-state index contributed by atoms with van der Waals surface area (Å²) in [4.78, 5) is 25.0. The summed E-state index contributed by atoms with van der Waals surface area (Å²) in [6.07, 6.45) is 0.860. The maximum atomic E-state index is 14.1. The molecule has 5 nitrogen and oxygen atoms in total. The Balaban J connectivity index is 0.00000220. The highest BCUT2D eigenvalue weighted by molar-refractivity contribution is 5.98. The molecule has 1 heterocycles. The van der Waals surface area contributed by atoms with Crippen LogP contribution in [0.5, 0.6) is 0 Å². The van der Waals surface area contributed by atoms with Gasteiger partial charge in [0.1, 0.15) is 5.82 Å². The molecule has 0 fully saturated rings. The van der Waals surface area contributed by atoms with E-state index < -0.39 is 11.7 Å². The lowest BCUT2D eigenvalue weighted by atomic mass is 9.99. The second-order valence-corrected chi connectivity index (χ2v) is 5.04. The summed E-state index contributed by atoms with van der Waals surface area (Å²) in [6.45, 7) is 2.11. The number of fused-ring (bicyclic) bond motifs is 1. The lowest BCUT2D eigenvalue weighted by Gasteiger charge is -2.25. The summed E-state index contributed by atoms with van der Waals surface area (Å²) < 4.78 is 14.1. The molecular formula is C14H19ClFN3O2. The third-order valence-corrected chi connectivity index (χ3v) is 3.64. The molecule has 1 aliphatic rings. The van der Waals surface area contributed by atoms with Gasteiger partial charge >= 0.3 is 0 Å². The van der Waals surface area contributed by atoms with Crippen LogP contribution in [0.2, 0.25) is 0 Å². The van der Waals surface area contributed by atoms with Gasteiger partial charge in [-0.05, 0) is 31.0 Å². The van der Waals surface area contributed by atoms with Crippen LogP contribution in [-0.2, 0) is 11.2 Å². The minimum Gasteiger partial charge on any atom is -0.338 e. The molecule has 3 N–H and O–H groups in total. The Morgan fingerprint density at radius 2 is 2.14 bits per heavy atom. The van der Waals surface area contributed by atoms with Gasteiger partial charge in [0.2, 0.25) is 5.91 Å². The van der Waals surface area contributed by atoms with Gasteiger partial charge in [-0.25, -0.2) is 4.39 Å². The van der Waals surface area contributed by atoms with Crippen molar-refractivity contribution in [2.24, 2.45) is 5.73 Å². The summed E-state index contributed by atoms with van der Waals surface area (Å²) >= 11 is 0. The average Bonchev–Trinajstić information content (AvgIpc) is 2.44. The number of benzene rings is 1. The first-order valence-corrected chi connectivity index (χ1v) is 6.53. The zero-order valence-electron chi connectivity index (χ0n) is 12.0. The fraction of sp³-hybridized carbons (Fsp3) is 0.429. The summed E-state index contributed by atoms with van der Waals surface area (Å²) in [7, 11) is 1.60. The first-order chi connectivity index (χ1) is 9.43. The van der Waals surface area contributed by atoms with Crippen molar-refractivity contribution in [1.29, 1.82) is 0 Å². The van der Waals surface area contributed by atoms with Gasteiger partial charge in [0.15, 0.2) is 0 Å². The van der Waals surface area contributed by atoms with Gasteiger partial charge < -0.3 is 16.0 Å². The predicted octanol–water partition coefficient (Wildman–Crippen LogP) is 1.55. The molecule has 21 heavy (non-hydrogen) atoms. The Morgan fingerprint density at radius 1 is 1.48 bits per heavy atom. The van der Waals surface area contributed by atoms with Gasteiger partial charge in [-0.3, -0.25) is 9.59 Å². The number of amides is 2. The van der Waals surface area contributed by atoms with Crippen molar-refractivity contribution in [2.75, 3.05) is 18.9 Å². The van der Waals surface area contributed by atoms with E-state index in [1.54, 1.807) is 14.0 Å². The fourth-order valence-electron chi connectivity index (χ4n) is 2.11. The molecule has 0 aromatic heterocycles. The number of aryl methyl sites for hydroxylation is 1. The molecule has 2 rings (SSSR count). The normalized spacial score (nSPS) is 14.6. The predicted molar refractivity (Wildman–Crippen MR) is 81.2 cm³/mol. The van der Waals surface area contributed by atoms with Gasteiger partial charge in [-0.15, -0.1) is 12.4 Å². The van der Waals surface area contributed by atoms with Crippen LogP contribution >= 0.6 is 12.4 Å². The first kappa shape index (κ1) is 17.4. The number of carbonyl (C=O) groups is 2. The molecule has 0 spiro atoms. The van der Waals surface area contributed by atoms with Gasteiger partial charge in [-0.2, -0.15) is 0 Å². The molecule has 2 amide bonds. The van der Waals surface area contributed by atoms with Gasteiger partial charge in [0, 0.05) is 31.7 Å². The number of anilines is 1. The molecule has 1 unspecified atom stereocenters. The van der Waals surface area contributed by atoms with Crippen molar-refractivity contribution in [3.63, 3.8) is 0 Å². The van der Waals surface area contributed by atoms with Crippen molar-refractivity contribution >= 4 is 29.9 Å². The van der Waals surface area contributed by atoms with Crippen LogP contribution in [0.3, 0.4) is 0 Å². The lowest BCUT2D eigenvalue weighted by molar-refractivity contribution is -0.116. The Hall–Kier alpha value is -1.66. The monoisotopic (exact) mass is 315 g/mol. The molecule has 1 aromatic carbocycles. The second kappa shape index (κ2) is 6.87. The van der Waals surface area contributed by atoms with Crippen molar-refractivity contribution in [1.82, 2.24) is 4.90 Å². The molecule has 1 atom stereocenters. The Labute approximate surface area is 129 Å². The highest BCUT2D eigenvalue weighted by Crippen LogP contribution is 2.26. The number of hydrogen-bond acceptors (Lipinski definition) is 3. The maximum Gasteiger partial charge on any atom is 0.256 e. The van der Waals surface area contributed by atoms with Gasteiger partial charge in [0.25, 0.3) is 5.91 Å². The smallest absolute Gasteiger partial charge is 0.256 e. The lowest BCUT2D eigenvalue weighted by Crippen LogP contribution is -2.40. The molecule has 1 aliphatic heterocycles. The molecule has 0 aliphatic carbocycles. The highest BCUT2D eigenvalue weighted by atomic mass is 35.5. The van der Waals surface area contributed by atoms with Crippen LogP contribution in [-0.4, -0.2) is 36.3 Å². The maximum absolute atomic E-state index is 14.1. The van der Waals surface area contributed by atoms with E-state index in [1.165, 1.54) is 17.0 Å². The number of carbonyl (C=O) groups excluding carboxylic acids is 2. The number of nitrogens with one attached hydrogen (secondary N) is 1. The SMILES string of the molecule is CC(CN)N(C)C(=O)c1cc2c(cc1F)NC(=O)CC2.Cl. The van der Waals surface area contributed by atoms with Crippen LogP contribution < -0.4 is 11.1 Å². The van der Waals surface area contributed by atoms with Crippen LogP contribution in [0.15, 0.2) is 12.1 Å². The van der Waals surface area contributed by atoms with Crippen molar-refractivity contribution < 1.29 is 14.0 Å². The van der Waals surface area contributed by atoms with Gasteiger partial charge in [0.05, 0.1) is 5.56 Å². The summed E-state index contributed by atoms with van der Waals surface area (Å²) in [5.41, 5.74) is 6.76. The van der Waals surface area contributed by atoms with Crippen LogP contribution in [0.1, 0.15) is 29.3 Å². The van der Waals surface area contributed by atoms with E-state index in [4.69, 9.17) is 5.73 Å². The van der Waals surface area contributed by atoms with Crippen LogP contribution in [0.25, 0.3) is 0 Å². The van der Waals surface area contributed by atoms with Crippen molar-refractivity contribution in [2.45, 2.75) is 25.8 Å².